The van der Waals surface area contributed by atoms with E-state index in [4.69, 9.17) is 0 Å². The van der Waals surface area contributed by atoms with Crippen molar-refractivity contribution in [1.82, 2.24) is 15.2 Å². The van der Waals surface area contributed by atoms with E-state index in [1.807, 2.05) is 42.2 Å². The van der Waals surface area contributed by atoms with E-state index in [9.17, 15) is 4.79 Å². The number of carbonyl (C=O) groups is 1. The summed E-state index contributed by atoms with van der Waals surface area (Å²) >= 11 is 1.49. The van der Waals surface area contributed by atoms with Gasteiger partial charge in [0.25, 0.3) is 5.91 Å². The summed E-state index contributed by atoms with van der Waals surface area (Å²) in [7, 11) is 0. The highest BCUT2D eigenvalue weighted by atomic mass is 35.5. The number of aryl methyl sites for hydroxylation is 1. The van der Waals surface area contributed by atoms with Crippen molar-refractivity contribution in [1.29, 1.82) is 0 Å². The van der Waals surface area contributed by atoms with Gasteiger partial charge in [-0.2, -0.15) is 0 Å². The third-order valence-electron chi connectivity index (χ3n) is 3.42. The van der Waals surface area contributed by atoms with Gasteiger partial charge in [-0.15, -0.1) is 23.7 Å². The summed E-state index contributed by atoms with van der Waals surface area (Å²) in [6.45, 7) is 5.20. The van der Waals surface area contributed by atoms with Crippen LogP contribution < -0.4 is 5.32 Å². The van der Waals surface area contributed by atoms with Crippen molar-refractivity contribution in [2.24, 2.45) is 0 Å². The van der Waals surface area contributed by atoms with Gasteiger partial charge in [-0.25, -0.2) is 4.98 Å². The Hall–Kier alpha value is -1.43. The lowest BCUT2D eigenvalue weighted by Crippen LogP contribution is -2.46. The van der Waals surface area contributed by atoms with Crippen LogP contribution in [0.3, 0.4) is 0 Å². The van der Waals surface area contributed by atoms with Crippen LogP contribution in [-0.2, 0) is 0 Å². The lowest BCUT2D eigenvalue weighted by molar-refractivity contribution is 0.0740. The Labute approximate surface area is 134 Å². The fourth-order valence-corrected chi connectivity index (χ4v) is 3.35. The SMILES string of the molecule is Cc1nc(-c2ccccc2)sc1C(=O)N1CCNCC1.Cl. The van der Waals surface area contributed by atoms with Crippen LogP contribution in [-0.4, -0.2) is 42.0 Å². The van der Waals surface area contributed by atoms with Gasteiger partial charge in [-0.1, -0.05) is 30.3 Å². The number of benzene rings is 1. The molecule has 0 spiro atoms. The summed E-state index contributed by atoms with van der Waals surface area (Å²) in [6, 6.07) is 10.0. The highest BCUT2D eigenvalue weighted by molar-refractivity contribution is 7.17. The molecule has 1 amide bonds. The molecule has 1 aromatic carbocycles. The number of rotatable bonds is 2. The molecule has 2 heterocycles. The number of aromatic nitrogens is 1. The number of nitrogens with one attached hydrogen (secondary N) is 1. The molecule has 1 N–H and O–H groups in total. The van der Waals surface area contributed by atoms with Crippen LogP contribution in [0.5, 0.6) is 0 Å². The highest BCUT2D eigenvalue weighted by Crippen LogP contribution is 2.28. The molecular weight excluding hydrogens is 306 g/mol. The summed E-state index contributed by atoms with van der Waals surface area (Å²) in [4.78, 5) is 19.8. The number of amides is 1. The zero-order valence-corrected chi connectivity index (χ0v) is 13.5. The van der Waals surface area contributed by atoms with Crippen LogP contribution >= 0.6 is 23.7 Å². The van der Waals surface area contributed by atoms with Gasteiger partial charge in [0.05, 0.1) is 5.69 Å². The smallest absolute Gasteiger partial charge is 0.265 e. The molecule has 1 fully saturated rings. The second kappa shape index (κ2) is 7.02. The molecule has 1 saturated heterocycles. The van der Waals surface area contributed by atoms with Gasteiger partial charge >= 0.3 is 0 Å². The van der Waals surface area contributed by atoms with Crippen molar-refractivity contribution in [3.63, 3.8) is 0 Å². The highest BCUT2D eigenvalue weighted by Gasteiger charge is 2.22. The van der Waals surface area contributed by atoms with E-state index in [1.165, 1.54) is 11.3 Å². The Balaban J connectivity index is 0.00000161. The maximum absolute atomic E-state index is 12.5. The molecule has 0 aliphatic carbocycles. The minimum absolute atomic E-state index is 0. The fraction of sp³-hybridized carbons (Fsp3) is 0.333. The molecule has 0 saturated carbocycles. The van der Waals surface area contributed by atoms with Crippen molar-refractivity contribution in [2.45, 2.75) is 6.92 Å². The Morgan fingerprint density at radius 3 is 2.57 bits per heavy atom. The molecule has 21 heavy (non-hydrogen) atoms. The number of hydrogen-bond donors (Lipinski definition) is 1. The van der Waals surface area contributed by atoms with Crippen molar-refractivity contribution in [2.75, 3.05) is 26.2 Å². The van der Waals surface area contributed by atoms with E-state index >= 15 is 0 Å². The third kappa shape index (κ3) is 3.43. The number of piperazine rings is 1. The average Bonchev–Trinajstić information content (AvgIpc) is 2.90. The average molecular weight is 324 g/mol. The number of thiazole rings is 1. The summed E-state index contributed by atoms with van der Waals surface area (Å²) in [5.74, 6) is 0.115. The van der Waals surface area contributed by atoms with Crippen molar-refractivity contribution in [3.8, 4) is 10.6 Å². The lowest BCUT2D eigenvalue weighted by atomic mass is 10.2. The van der Waals surface area contributed by atoms with Gasteiger partial charge in [-0.05, 0) is 6.92 Å². The standard InChI is InChI=1S/C15H17N3OS.ClH/c1-11-13(15(19)18-9-7-16-8-10-18)20-14(17-11)12-5-3-2-4-6-12;/h2-6,16H,7-10H2,1H3;1H. The fourth-order valence-electron chi connectivity index (χ4n) is 2.31. The maximum atomic E-state index is 12.5. The van der Waals surface area contributed by atoms with Gasteiger partial charge in [0.2, 0.25) is 0 Å². The summed E-state index contributed by atoms with van der Waals surface area (Å²) in [6.07, 6.45) is 0. The van der Waals surface area contributed by atoms with Crippen molar-refractivity contribution >= 4 is 29.7 Å². The second-order valence-corrected chi connectivity index (χ2v) is 5.84. The minimum atomic E-state index is 0. The number of carbonyl (C=O) groups excluding carboxylic acids is 1. The predicted molar refractivity (Wildman–Crippen MR) is 88.3 cm³/mol. The Morgan fingerprint density at radius 2 is 1.90 bits per heavy atom. The van der Waals surface area contributed by atoms with E-state index in [0.29, 0.717) is 0 Å². The topological polar surface area (TPSA) is 45.2 Å². The first-order valence-corrected chi connectivity index (χ1v) is 7.60. The first-order valence-electron chi connectivity index (χ1n) is 6.78. The first-order chi connectivity index (χ1) is 9.75. The molecule has 4 nitrogen and oxygen atoms in total. The van der Waals surface area contributed by atoms with Crippen molar-refractivity contribution in [3.05, 3.63) is 40.9 Å². The molecule has 2 aromatic rings. The molecule has 3 rings (SSSR count). The second-order valence-electron chi connectivity index (χ2n) is 4.84. The molecule has 0 atom stereocenters. The largest absolute Gasteiger partial charge is 0.335 e. The van der Waals surface area contributed by atoms with Gasteiger partial charge < -0.3 is 10.2 Å². The van der Waals surface area contributed by atoms with E-state index < -0.39 is 0 Å². The van der Waals surface area contributed by atoms with Gasteiger partial charge in [0.15, 0.2) is 0 Å². The first kappa shape index (κ1) is 15.9. The molecule has 1 aromatic heterocycles. The number of nitrogens with zero attached hydrogens (tertiary/aromatic N) is 2. The van der Waals surface area contributed by atoms with E-state index in [0.717, 1.165) is 47.3 Å². The van der Waals surface area contributed by atoms with Gasteiger partial charge in [0, 0.05) is 31.7 Å². The van der Waals surface area contributed by atoms with Crippen LogP contribution in [0.4, 0.5) is 0 Å². The van der Waals surface area contributed by atoms with Crippen molar-refractivity contribution < 1.29 is 4.79 Å². The molecule has 1 aliphatic rings. The number of hydrogen-bond acceptors (Lipinski definition) is 4. The molecule has 6 heteroatoms. The minimum Gasteiger partial charge on any atom is -0.335 e. The van der Waals surface area contributed by atoms with E-state index in [2.05, 4.69) is 10.3 Å². The summed E-state index contributed by atoms with van der Waals surface area (Å²) in [5.41, 5.74) is 1.90. The molecule has 112 valence electrons. The van der Waals surface area contributed by atoms with Crippen LogP contribution in [0, 0.1) is 6.92 Å². The Morgan fingerprint density at radius 1 is 1.24 bits per heavy atom. The van der Waals surface area contributed by atoms with Crippen LogP contribution in [0.25, 0.3) is 10.6 Å². The summed E-state index contributed by atoms with van der Waals surface area (Å²) < 4.78 is 0. The van der Waals surface area contributed by atoms with Gasteiger partial charge in [0.1, 0.15) is 9.88 Å². The van der Waals surface area contributed by atoms with Crippen LogP contribution in [0.2, 0.25) is 0 Å². The molecule has 0 unspecified atom stereocenters. The predicted octanol–water partition coefficient (Wildman–Crippen LogP) is 2.59. The normalized spacial score (nSPS) is 14.6. The van der Waals surface area contributed by atoms with Crippen LogP contribution in [0.15, 0.2) is 30.3 Å². The third-order valence-corrected chi connectivity index (χ3v) is 4.61. The zero-order chi connectivity index (χ0) is 13.9. The van der Waals surface area contributed by atoms with E-state index in [1.54, 1.807) is 0 Å². The number of halogens is 1. The monoisotopic (exact) mass is 323 g/mol. The quantitative estimate of drug-likeness (QED) is 0.924. The Bertz CT molecular complexity index is 609. The molecule has 0 bridgehead atoms. The molecular formula is C15H18ClN3OS. The maximum Gasteiger partial charge on any atom is 0.265 e. The zero-order valence-electron chi connectivity index (χ0n) is 11.8. The van der Waals surface area contributed by atoms with Crippen LogP contribution in [0.1, 0.15) is 15.4 Å². The Kier molecular flexibility index (Phi) is 5.33. The lowest BCUT2D eigenvalue weighted by Gasteiger charge is -2.27. The molecule has 0 radical (unpaired) electrons. The van der Waals surface area contributed by atoms with Gasteiger partial charge in [-0.3, -0.25) is 4.79 Å². The summed E-state index contributed by atoms with van der Waals surface area (Å²) in [5, 5.41) is 4.18. The molecule has 1 aliphatic heterocycles. The van der Waals surface area contributed by atoms with E-state index in [-0.39, 0.29) is 18.3 Å².